The highest BCUT2D eigenvalue weighted by Crippen LogP contribution is 2.60. The van der Waals surface area contributed by atoms with Gasteiger partial charge in [0.1, 0.15) is 5.75 Å². The summed E-state index contributed by atoms with van der Waals surface area (Å²) in [7, 11) is 0. The molecule has 4 aliphatic rings. The van der Waals surface area contributed by atoms with Crippen LogP contribution in [0.5, 0.6) is 5.75 Å². The summed E-state index contributed by atoms with van der Waals surface area (Å²) in [6.07, 6.45) is 6.72. The number of benzene rings is 1. The Morgan fingerprint density at radius 2 is 1.51 bits per heavy atom. The predicted molar refractivity (Wildman–Crippen MR) is 175 cm³/mol. The molecule has 3 amide bonds. The van der Waals surface area contributed by atoms with Gasteiger partial charge in [-0.1, -0.05) is 13.0 Å². The highest BCUT2D eigenvalue weighted by atomic mass is 16.7. The molecule has 0 radical (unpaired) electrons. The van der Waals surface area contributed by atoms with E-state index in [0.29, 0.717) is 75.6 Å². The topological polar surface area (TPSA) is 159 Å². The molecule has 1 aromatic carbocycles. The summed E-state index contributed by atoms with van der Waals surface area (Å²) in [5.74, 6) is 0.875. The largest absolute Gasteiger partial charge is 0.493 e. The molecular weight excluding hydrogens is 636 g/mol. The maximum absolute atomic E-state index is 12.2. The number of nitrogens with zero attached hydrogens (tertiary/aromatic N) is 1. The Balaban J connectivity index is 0.812. The Labute approximate surface area is 288 Å². The predicted octanol–water partition coefficient (Wildman–Crippen LogP) is 2.85. The van der Waals surface area contributed by atoms with Crippen molar-refractivity contribution in [3.8, 4) is 5.75 Å². The summed E-state index contributed by atoms with van der Waals surface area (Å²) >= 11 is 0. The van der Waals surface area contributed by atoms with E-state index in [9.17, 15) is 24.3 Å². The Bertz CT molecular complexity index is 1280. The van der Waals surface area contributed by atoms with Crippen molar-refractivity contribution in [3.63, 3.8) is 0 Å². The molecule has 2 N–H and O–H groups in total. The fourth-order valence-electron chi connectivity index (χ4n) is 7.96. The second-order valence-corrected chi connectivity index (χ2v) is 13.6. The van der Waals surface area contributed by atoms with Crippen molar-refractivity contribution >= 4 is 23.7 Å². The lowest BCUT2D eigenvalue weighted by molar-refractivity contribution is -0.198. The molecule has 3 aliphatic carbocycles. The molecule has 13 nitrogen and oxygen atoms in total. The number of carbonyl (C=O) groups is 4. The summed E-state index contributed by atoms with van der Waals surface area (Å²) in [6.45, 7) is 5.67. The SMILES string of the molecule is CC12CCC3c4ccc(OCCC(=O)NCCOCCOCCOCCOCCC(=O)ON5C(=O)CCC5=O)cc4CCC3C1CCC2O. The number of hydrogen-bond donors (Lipinski definition) is 2. The lowest BCUT2D eigenvalue weighted by Gasteiger charge is -2.50. The number of rotatable bonds is 20. The van der Waals surface area contributed by atoms with E-state index in [-0.39, 0.29) is 56.3 Å². The molecular formula is C36H52N2O11. The van der Waals surface area contributed by atoms with E-state index in [0.717, 1.165) is 37.9 Å². The molecule has 1 saturated heterocycles. The molecule has 49 heavy (non-hydrogen) atoms. The van der Waals surface area contributed by atoms with Gasteiger partial charge in [-0.3, -0.25) is 14.4 Å². The third kappa shape index (κ3) is 10.0. The van der Waals surface area contributed by atoms with Gasteiger partial charge in [0.15, 0.2) is 0 Å². The van der Waals surface area contributed by atoms with Crippen LogP contribution in [-0.4, -0.2) is 106 Å². The average Bonchev–Trinajstić information content (AvgIpc) is 3.58. The molecule has 2 saturated carbocycles. The average molecular weight is 689 g/mol. The van der Waals surface area contributed by atoms with E-state index in [1.165, 1.54) is 17.5 Å². The van der Waals surface area contributed by atoms with Crippen LogP contribution in [-0.2, 0) is 49.4 Å². The van der Waals surface area contributed by atoms with E-state index in [4.69, 9.17) is 28.5 Å². The van der Waals surface area contributed by atoms with Gasteiger partial charge in [0, 0.05) is 19.4 Å². The van der Waals surface area contributed by atoms with Crippen molar-refractivity contribution in [1.82, 2.24) is 10.4 Å². The van der Waals surface area contributed by atoms with E-state index in [1.54, 1.807) is 0 Å². The third-order valence-corrected chi connectivity index (χ3v) is 10.6. The minimum Gasteiger partial charge on any atom is -0.493 e. The normalized spacial score (nSPS) is 25.9. The minimum absolute atomic E-state index is 0.0561. The van der Waals surface area contributed by atoms with E-state index < -0.39 is 17.8 Å². The minimum atomic E-state index is -0.703. The van der Waals surface area contributed by atoms with Crippen LogP contribution in [0.1, 0.15) is 81.8 Å². The Hall–Kier alpha value is -3.10. The zero-order valence-electron chi connectivity index (χ0n) is 28.7. The summed E-state index contributed by atoms with van der Waals surface area (Å²) in [6, 6.07) is 6.44. The fourth-order valence-corrected chi connectivity index (χ4v) is 7.96. The number of hydrogen-bond acceptors (Lipinski definition) is 11. The van der Waals surface area contributed by atoms with Crippen molar-refractivity contribution in [2.24, 2.45) is 17.3 Å². The summed E-state index contributed by atoms with van der Waals surface area (Å²) in [4.78, 5) is 51.5. The maximum atomic E-state index is 12.2. The molecule has 1 aliphatic heterocycles. The molecule has 5 atom stereocenters. The molecule has 272 valence electrons. The molecule has 1 heterocycles. The number of aliphatic hydroxyl groups excluding tert-OH is 1. The first-order valence-corrected chi connectivity index (χ1v) is 17.8. The van der Waals surface area contributed by atoms with Gasteiger partial charge >= 0.3 is 5.97 Å². The molecule has 0 aromatic heterocycles. The number of hydroxylamine groups is 2. The highest BCUT2D eigenvalue weighted by Gasteiger charge is 2.54. The van der Waals surface area contributed by atoms with Gasteiger partial charge in [-0.05, 0) is 85.0 Å². The van der Waals surface area contributed by atoms with Gasteiger partial charge < -0.3 is 38.9 Å². The number of fused-ring (bicyclic) bond motifs is 5. The third-order valence-electron chi connectivity index (χ3n) is 10.6. The van der Waals surface area contributed by atoms with Gasteiger partial charge in [-0.2, -0.15) is 0 Å². The molecule has 5 rings (SSSR count). The zero-order valence-corrected chi connectivity index (χ0v) is 28.7. The molecule has 0 bridgehead atoms. The Morgan fingerprint density at radius 1 is 0.837 bits per heavy atom. The Morgan fingerprint density at radius 3 is 2.22 bits per heavy atom. The molecule has 1 aromatic rings. The number of ether oxygens (including phenoxy) is 5. The molecule has 0 spiro atoms. The first-order valence-electron chi connectivity index (χ1n) is 17.8. The second-order valence-electron chi connectivity index (χ2n) is 13.6. The quantitative estimate of drug-likeness (QED) is 0.153. The number of nitrogens with one attached hydrogen (secondary N) is 1. The van der Waals surface area contributed by atoms with Crippen molar-refractivity contribution in [3.05, 3.63) is 29.3 Å². The lowest BCUT2D eigenvalue weighted by Crippen LogP contribution is -2.43. The maximum Gasteiger partial charge on any atom is 0.335 e. The van der Waals surface area contributed by atoms with Gasteiger partial charge in [0.05, 0.1) is 78.4 Å². The number of aryl methyl sites for hydroxylation is 1. The number of amides is 3. The van der Waals surface area contributed by atoms with Gasteiger partial charge in [0.2, 0.25) is 5.91 Å². The fraction of sp³-hybridized carbons (Fsp3) is 0.722. The van der Waals surface area contributed by atoms with Crippen LogP contribution in [0.2, 0.25) is 0 Å². The lowest BCUT2D eigenvalue weighted by atomic mass is 9.55. The molecule has 5 unspecified atom stereocenters. The monoisotopic (exact) mass is 688 g/mol. The number of imide groups is 1. The van der Waals surface area contributed by atoms with Crippen molar-refractivity contribution < 1.29 is 52.8 Å². The zero-order chi connectivity index (χ0) is 34.6. The first kappa shape index (κ1) is 37.2. The van der Waals surface area contributed by atoms with Gasteiger partial charge in [-0.15, -0.1) is 5.06 Å². The molecule has 3 fully saturated rings. The standard InChI is InChI=1S/C36H52N2O11/c1-36-13-10-28-27-5-3-26(24-25(27)2-4-29(28)30(36)6-7-31(36)39)48-16-11-32(40)37-14-17-45-19-21-47-23-22-46-20-18-44-15-12-35(43)49-38-33(41)8-9-34(38)42/h3,5,24,28-31,39H,2,4,6-23H2,1H3,(H,37,40). The van der Waals surface area contributed by atoms with Crippen LogP contribution < -0.4 is 10.1 Å². The number of aliphatic hydroxyl groups is 1. The van der Waals surface area contributed by atoms with E-state index in [2.05, 4.69) is 24.4 Å². The smallest absolute Gasteiger partial charge is 0.335 e. The van der Waals surface area contributed by atoms with Crippen molar-refractivity contribution in [2.75, 3.05) is 66.0 Å². The van der Waals surface area contributed by atoms with Crippen LogP contribution in [0.25, 0.3) is 0 Å². The van der Waals surface area contributed by atoms with E-state index >= 15 is 0 Å². The highest BCUT2D eigenvalue weighted by molar-refractivity contribution is 6.01. The summed E-state index contributed by atoms with van der Waals surface area (Å²) < 4.78 is 27.6. The van der Waals surface area contributed by atoms with Crippen molar-refractivity contribution in [1.29, 1.82) is 0 Å². The second kappa shape index (κ2) is 18.2. The van der Waals surface area contributed by atoms with Crippen LogP contribution >= 0.6 is 0 Å². The summed E-state index contributed by atoms with van der Waals surface area (Å²) in [5.41, 5.74) is 2.92. The number of carbonyl (C=O) groups excluding carboxylic acids is 4. The first-order chi connectivity index (χ1) is 23.8. The molecule has 13 heteroatoms. The van der Waals surface area contributed by atoms with Crippen LogP contribution in [0.3, 0.4) is 0 Å². The van der Waals surface area contributed by atoms with Crippen LogP contribution in [0.15, 0.2) is 18.2 Å². The Kier molecular flexibility index (Phi) is 13.8. The van der Waals surface area contributed by atoms with Crippen LogP contribution in [0.4, 0.5) is 0 Å². The van der Waals surface area contributed by atoms with Gasteiger partial charge in [-0.25, -0.2) is 4.79 Å². The van der Waals surface area contributed by atoms with E-state index in [1.807, 2.05) is 6.07 Å². The summed E-state index contributed by atoms with van der Waals surface area (Å²) in [5, 5.41) is 14.0. The van der Waals surface area contributed by atoms with Crippen molar-refractivity contribution in [2.45, 2.75) is 83.2 Å². The van der Waals surface area contributed by atoms with Crippen LogP contribution in [0, 0.1) is 17.3 Å². The van der Waals surface area contributed by atoms with Gasteiger partial charge in [0.25, 0.3) is 11.8 Å².